The van der Waals surface area contributed by atoms with Crippen LogP contribution in [0, 0.1) is 5.92 Å². The van der Waals surface area contributed by atoms with Gasteiger partial charge in [0.1, 0.15) is 5.75 Å². The van der Waals surface area contributed by atoms with Crippen molar-refractivity contribution in [1.82, 2.24) is 9.88 Å². The van der Waals surface area contributed by atoms with Gasteiger partial charge in [0, 0.05) is 20.0 Å². The highest BCUT2D eigenvalue weighted by atomic mass is 32.1. The van der Waals surface area contributed by atoms with Gasteiger partial charge < -0.3 is 19.7 Å². The zero-order valence-electron chi connectivity index (χ0n) is 15.9. The number of nitrogens with one attached hydrogen (secondary N) is 1. The molecule has 1 aliphatic rings. The SMILES string of the molecule is CCOC(=O)c1nc(NC(=O)C2CC(=O)N(C)C2)sc1-c1ccc(OC)cc1. The van der Waals surface area contributed by atoms with Crippen molar-refractivity contribution in [2.75, 3.05) is 32.6 Å². The highest BCUT2D eigenvalue weighted by Gasteiger charge is 2.33. The van der Waals surface area contributed by atoms with E-state index in [4.69, 9.17) is 9.47 Å². The molecule has 2 amide bonds. The standard InChI is InChI=1S/C19H21N3O5S/c1-4-27-18(25)15-16(11-5-7-13(26-3)8-6-11)28-19(20-15)21-17(24)12-9-14(23)22(2)10-12/h5-8,12H,4,9-10H2,1-3H3,(H,20,21,24). The number of thiazole rings is 1. The molecular weight excluding hydrogens is 382 g/mol. The minimum absolute atomic E-state index is 0.0644. The number of ether oxygens (including phenoxy) is 2. The van der Waals surface area contributed by atoms with Gasteiger partial charge in [-0.05, 0) is 36.8 Å². The van der Waals surface area contributed by atoms with Crippen molar-refractivity contribution < 1.29 is 23.9 Å². The van der Waals surface area contributed by atoms with Crippen molar-refractivity contribution in [3.8, 4) is 16.2 Å². The highest BCUT2D eigenvalue weighted by molar-refractivity contribution is 7.19. The Hall–Kier alpha value is -2.94. The number of carbonyl (C=O) groups excluding carboxylic acids is 3. The first-order valence-electron chi connectivity index (χ1n) is 8.80. The Morgan fingerprint density at radius 3 is 2.61 bits per heavy atom. The van der Waals surface area contributed by atoms with Crippen LogP contribution in [0.3, 0.4) is 0 Å². The Kier molecular flexibility index (Phi) is 5.93. The molecule has 1 N–H and O–H groups in total. The molecule has 1 fully saturated rings. The molecule has 3 rings (SSSR count). The van der Waals surface area contributed by atoms with Crippen molar-refractivity contribution in [1.29, 1.82) is 0 Å². The number of hydrogen-bond donors (Lipinski definition) is 1. The molecule has 1 unspecified atom stereocenters. The minimum atomic E-state index is -0.555. The molecular formula is C19H21N3O5S. The third-order valence-corrected chi connectivity index (χ3v) is 5.41. The van der Waals surface area contributed by atoms with Gasteiger partial charge in [0.2, 0.25) is 11.8 Å². The maximum absolute atomic E-state index is 12.5. The van der Waals surface area contributed by atoms with Crippen LogP contribution < -0.4 is 10.1 Å². The van der Waals surface area contributed by atoms with Crippen LogP contribution in [0.4, 0.5) is 5.13 Å². The number of likely N-dealkylation sites (tertiary alicyclic amines) is 1. The summed E-state index contributed by atoms with van der Waals surface area (Å²) in [4.78, 5) is 42.9. The van der Waals surface area contributed by atoms with E-state index in [1.54, 1.807) is 33.2 Å². The molecule has 148 valence electrons. The van der Waals surface area contributed by atoms with Gasteiger partial charge in [0.25, 0.3) is 0 Å². The van der Waals surface area contributed by atoms with Crippen molar-refractivity contribution in [3.63, 3.8) is 0 Å². The average Bonchev–Trinajstić information content (AvgIpc) is 3.25. The normalized spacial score (nSPS) is 16.2. The van der Waals surface area contributed by atoms with Gasteiger partial charge in [-0.3, -0.25) is 9.59 Å². The second-order valence-corrected chi connectivity index (χ2v) is 7.31. The lowest BCUT2D eigenvalue weighted by Crippen LogP contribution is -2.25. The van der Waals surface area contributed by atoms with E-state index in [-0.39, 0.29) is 30.5 Å². The molecule has 0 radical (unpaired) electrons. The maximum Gasteiger partial charge on any atom is 0.358 e. The van der Waals surface area contributed by atoms with E-state index < -0.39 is 11.9 Å². The average molecular weight is 403 g/mol. The molecule has 2 heterocycles. The number of hydrogen-bond acceptors (Lipinski definition) is 7. The topological polar surface area (TPSA) is 97.8 Å². The predicted molar refractivity (Wildman–Crippen MR) is 104 cm³/mol. The highest BCUT2D eigenvalue weighted by Crippen LogP contribution is 2.35. The summed E-state index contributed by atoms with van der Waals surface area (Å²) in [5, 5.41) is 3.02. The number of benzene rings is 1. The van der Waals surface area contributed by atoms with Crippen LogP contribution >= 0.6 is 11.3 Å². The minimum Gasteiger partial charge on any atom is -0.497 e. The first-order valence-corrected chi connectivity index (χ1v) is 9.61. The molecule has 8 nitrogen and oxygen atoms in total. The number of anilines is 1. The van der Waals surface area contributed by atoms with Crippen molar-refractivity contribution in [2.24, 2.45) is 5.92 Å². The molecule has 0 bridgehead atoms. The Bertz CT molecular complexity index is 893. The first kappa shape index (κ1) is 19.8. The summed E-state index contributed by atoms with van der Waals surface area (Å²) >= 11 is 1.19. The van der Waals surface area contributed by atoms with E-state index in [1.807, 2.05) is 12.1 Å². The van der Waals surface area contributed by atoms with E-state index >= 15 is 0 Å². The molecule has 1 aromatic carbocycles. The van der Waals surface area contributed by atoms with Crippen molar-refractivity contribution >= 4 is 34.3 Å². The number of carbonyl (C=O) groups is 3. The number of rotatable bonds is 6. The summed E-state index contributed by atoms with van der Waals surface area (Å²) in [5.74, 6) is -0.652. The third kappa shape index (κ3) is 4.14. The zero-order chi connectivity index (χ0) is 20.3. The van der Waals surface area contributed by atoms with E-state index in [0.29, 0.717) is 22.3 Å². The number of methoxy groups -OCH3 is 1. The third-order valence-electron chi connectivity index (χ3n) is 4.39. The molecule has 1 aromatic heterocycles. The van der Waals surface area contributed by atoms with Gasteiger partial charge >= 0.3 is 5.97 Å². The summed E-state index contributed by atoms with van der Waals surface area (Å²) in [5.41, 5.74) is 0.907. The van der Waals surface area contributed by atoms with Gasteiger partial charge in [-0.25, -0.2) is 9.78 Å². The fourth-order valence-electron chi connectivity index (χ4n) is 2.90. The lowest BCUT2D eigenvalue weighted by Gasteiger charge is -2.09. The smallest absolute Gasteiger partial charge is 0.358 e. The molecule has 9 heteroatoms. The quantitative estimate of drug-likeness (QED) is 0.744. The van der Waals surface area contributed by atoms with E-state index in [9.17, 15) is 14.4 Å². The Morgan fingerprint density at radius 2 is 2.04 bits per heavy atom. The number of aromatic nitrogens is 1. The summed E-state index contributed by atoms with van der Waals surface area (Å²) in [6.45, 7) is 2.30. The molecule has 0 spiro atoms. The van der Waals surface area contributed by atoms with Gasteiger partial charge in [0.05, 0.1) is 24.5 Å². The van der Waals surface area contributed by atoms with Crippen LogP contribution in [-0.4, -0.2) is 55.0 Å². The van der Waals surface area contributed by atoms with Gasteiger partial charge in [0.15, 0.2) is 10.8 Å². The largest absolute Gasteiger partial charge is 0.497 e. The van der Waals surface area contributed by atoms with Crippen molar-refractivity contribution in [2.45, 2.75) is 13.3 Å². The molecule has 1 atom stereocenters. The summed E-state index contributed by atoms with van der Waals surface area (Å²) < 4.78 is 10.3. The van der Waals surface area contributed by atoms with Crippen LogP contribution in [0.1, 0.15) is 23.8 Å². The molecule has 28 heavy (non-hydrogen) atoms. The fraction of sp³-hybridized carbons (Fsp3) is 0.368. The molecule has 2 aromatic rings. The van der Waals surface area contributed by atoms with E-state index in [1.165, 1.54) is 16.2 Å². The monoisotopic (exact) mass is 403 g/mol. The molecule has 1 saturated heterocycles. The van der Waals surface area contributed by atoms with Gasteiger partial charge in [-0.2, -0.15) is 0 Å². The van der Waals surface area contributed by atoms with E-state index in [0.717, 1.165) is 5.56 Å². The molecule has 1 aliphatic heterocycles. The Labute approximate surface area is 166 Å². The fourth-order valence-corrected chi connectivity index (χ4v) is 3.86. The summed E-state index contributed by atoms with van der Waals surface area (Å²) in [6.07, 6.45) is 0.170. The second kappa shape index (κ2) is 8.39. The second-order valence-electron chi connectivity index (χ2n) is 6.31. The van der Waals surface area contributed by atoms with Crippen molar-refractivity contribution in [3.05, 3.63) is 30.0 Å². The summed E-state index contributed by atoms with van der Waals surface area (Å²) in [6, 6.07) is 7.18. The predicted octanol–water partition coefficient (Wildman–Crippen LogP) is 2.41. The molecule has 0 aliphatic carbocycles. The first-order chi connectivity index (χ1) is 13.4. The lowest BCUT2D eigenvalue weighted by molar-refractivity contribution is -0.127. The maximum atomic E-state index is 12.5. The number of nitrogens with zero attached hydrogens (tertiary/aromatic N) is 2. The van der Waals surface area contributed by atoms with Crippen LogP contribution in [0.2, 0.25) is 0 Å². The van der Waals surface area contributed by atoms with Gasteiger partial charge in [-0.1, -0.05) is 11.3 Å². The van der Waals surface area contributed by atoms with Crippen LogP contribution in [0.25, 0.3) is 10.4 Å². The number of esters is 1. The van der Waals surface area contributed by atoms with Crippen LogP contribution in [0.15, 0.2) is 24.3 Å². The van der Waals surface area contributed by atoms with Crippen LogP contribution in [-0.2, 0) is 14.3 Å². The Morgan fingerprint density at radius 1 is 1.32 bits per heavy atom. The van der Waals surface area contributed by atoms with E-state index in [2.05, 4.69) is 10.3 Å². The zero-order valence-corrected chi connectivity index (χ0v) is 16.7. The lowest BCUT2D eigenvalue weighted by atomic mass is 10.1. The molecule has 0 saturated carbocycles. The van der Waals surface area contributed by atoms with Crippen LogP contribution in [0.5, 0.6) is 5.75 Å². The van der Waals surface area contributed by atoms with Gasteiger partial charge in [-0.15, -0.1) is 0 Å². The Balaban J connectivity index is 1.87. The number of amides is 2. The summed E-state index contributed by atoms with van der Waals surface area (Å²) in [7, 11) is 3.24.